The monoisotopic (exact) mass is 234 g/mol. The van der Waals surface area contributed by atoms with Gasteiger partial charge in [0.25, 0.3) is 0 Å². The summed E-state index contributed by atoms with van der Waals surface area (Å²) in [6.45, 7) is 2.97. The molecule has 1 aromatic carbocycles. The molecular weight excluding hydrogens is 215 g/mol. The first-order valence-electron chi connectivity index (χ1n) is 6.57. The molecule has 1 atom stereocenters. The third kappa shape index (κ3) is 2.44. The number of rotatable bonds is 2. The average molecular weight is 234 g/mol. The van der Waals surface area contributed by atoms with E-state index in [1.165, 1.54) is 12.8 Å². The Bertz CT molecular complexity index is 390. The highest BCUT2D eigenvalue weighted by Crippen LogP contribution is 2.34. The SMILES string of the molecule is Fc1ccccc1N1CCCNC(C2CC2)C1. The highest BCUT2D eigenvalue weighted by Gasteiger charge is 2.33. The standard InChI is InChI=1S/C14H19FN2/c15-12-4-1-2-5-14(12)17-9-3-8-16-13(10-17)11-6-7-11/h1-2,4-5,11,13,16H,3,6-10H2. The highest BCUT2D eigenvalue weighted by molar-refractivity contribution is 5.48. The van der Waals surface area contributed by atoms with Gasteiger partial charge in [-0.1, -0.05) is 12.1 Å². The van der Waals surface area contributed by atoms with E-state index in [9.17, 15) is 4.39 Å². The van der Waals surface area contributed by atoms with Gasteiger partial charge in [0.15, 0.2) is 0 Å². The lowest BCUT2D eigenvalue weighted by Gasteiger charge is -2.26. The second kappa shape index (κ2) is 4.65. The van der Waals surface area contributed by atoms with E-state index >= 15 is 0 Å². The Labute approximate surface area is 102 Å². The number of hydrogen-bond donors (Lipinski definition) is 1. The maximum atomic E-state index is 13.8. The minimum Gasteiger partial charge on any atom is -0.368 e. The van der Waals surface area contributed by atoms with Crippen LogP contribution in [0.5, 0.6) is 0 Å². The molecule has 3 heteroatoms. The topological polar surface area (TPSA) is 15.3 Å². The fraction of sp³-hybridized carbons (Fsp3) is 0.571. The van der Waals surface area contributed by atoms with E-state index in [1.807, 2.05) is 12.1 Å². The van der Waals surface area contributed by atoms with Crippen LogP contribution in [0.1, 0.15) is 19.3 Å². The molecule has 1 aliphatic heterocycles. The van der Waals surface area contributed by atoms with E-state index in [1.54, 1.807) is 12.1 Å². The molecule has 2 nitrogen and oxygen atoms in total. The lowest BCUT2D eigenvalue weighted by molar-refractivity contribution is 0.488. The van der Waals surface area contributed by atoms with Crippen LogP contribution in [0, 0.1) is 11.7 Å². The maximum Gasteiger partial charge on any atom is 0.146 e. The smallest absolute Gasteiger partial charge is 0.146 e. The quantitative estimate of drug-likeness (QED) is 0.845. The molecule has 1 aliphatic carbocycles. The van der Waals surface area contributed by atoms with Crippen molar-refractivity contribution in [2.45, 2.75) is 25.3 Å². The summed E-state index contributed by atoms with van der Waals surface area (Å²) >= 11 is 0. The summed E-state index contributed by atoms with van der Waals surface area (Å²) in [6, 6.07) is 7.68. The molecule has 1 heterocycles. The van der Waals surface area contributed by atoms with Gasteiger partial charge in [0.05, 0.1) is 5.69 Å². The third-order valence-corrected chi connectivity index (χ3v) is 3.81. The van der Waals surface area contributed by atoms with Gasteiger partial charge >= 0.3 is 0 Å². The van der Waals surface area contributed by atoms with Gasteiger partial charge in [0, 0.05) is 19.1 Å². The van der Waals surface area contributed by atoms with Gasteiger partial charge in [0.1, 0.15) is 5.82 Å². The van der Waals surface area contributed by atoms with Crippen molar-refractivity contribution in [3.8, 4) is 0 Å². The predicted octanol–water partition coefficient (Wildman–Crippen LogP) is 2.40. The second-order valence-electron chi connectivity index (χ2n) is 5.15. The highest BCUT2D eigenvalue weighted by atomic mass is 19.1. The van der Waals surface area contributed by atoms with Crippen molar-refractivity contribution in [1.82, 2.24) is 5.32 Å². The molecule has 0 spiro atoms. The minimum absolute atomic E-state index is 0.0936. The molecule has 1 N–H and O–H groups in total. The van der Waals surface area contributed by atoms with Crippen molar-refractivity contribution in [2.75, 3.05) is 24.5 Å². The van der Waals surface area contributed by atoms with Crippen LogP contribution in [0.2, 0.25) is 0 Å². The minimum atomic E-state index is -0.0936. The molecule has 1 saturated heterocycles. The number of para-hydroxylation sites is 1. The Balaban J connectivity index is 1.78. The van der Waals surface area contributed by atoms with Crippen LogP contribution >= 0.6 is 0 Å². The van der Waals surface area contributed by atoms with Crippen molar-refractivity contribution in [2.24, 2.45) is 5.92 Å². The Morgan fingerprint density at radius 2 is 2.06 bits per heavy atom. The molecule has 0 bridgehead atoms. The van der Waals surface area contributed by atoms with Crippen molar-refractivity contribution in [1.29, 1.82) is 0 Å². The summed E-state index contributed by atoms with van der Waals surface area (Å²) in [5.74, 6) is 0.728. The zero-order chi connectivity index (χ0) is 11.7. The first kappa shape index (κ1) is 11.0. The summed E-state index contributed by atoms with van der Waals surface area (Å²) in [4.78, 5) is 2.21. The molecule has 2 fully saturated rings. The Kier molecular flexibility index (Phi) is 3.02. The summed E-state index contributed by atoms with van der Waals surface area (Å²) in [5.41, 5.74) is 0.766. The molecular formula is C14H19FN2. The number of halogens is 1. The molecule has 92 valence electrons. The van der Waals surface area contributed by atoms with Crippen molar-refractivity contribution in [3.05, 3.63) is 30.1 Å². The van der Waals surface area contributed by atoms with Gasteiger partial charge in [0.2, 0.25) is 0 Å². The van der Waals surface area contributed by atoms with Gasteiger partial charge < -0.3 is 10.2 Å². The average Bonchev–Trinajstić information content (AvgIpc) is 3.16. The fourth-order valence-corrected chi connectivity index (χ4v) is 2.69. The van der Waals surface area contributed by atoms with Gasteiger partial charge in [-0.2, -0.15) is 0 Å². The summed E-state index contributed by atoms with van der Waals surface area (Å²) in [5, 5.41) is 3.60. The second-order valence-corrected chi connectivity index (χ2v) is 5.15. The summed E-state index contributed by atoms with van der Waals surface area (Å²) in [6.07, 6.45) is 3.77. The van der Waals surface area contributed by atoms with Crippen molar-refractivity contribution < 1.29 is 4.39 Å². The van der Waals surface area contributed by atoms with E-state index in [4.69, 9.17) is 0 Å². The lowest BCUT2D eigenvalue weighted by atomic mass is 10.1. The van der Waals surface area contributed by atoms with Crippen molar-refractivity contribution >= 4 is 5.69 Å². The van der Waals surface area contributed by atoms with Crippen LogP contribution in [0.15, 0.2) is 24.3 Å². The van der Waals surface area contributed by atoms with Gasteiger partial charge in [-0.15, -0.1) is 0 Å². The van der Waals surface area contributed by atoms with Crippen LogP contribution in [0.3, 0.4) is 0 Å². The fourth-order valence-electron chi connectivity index (χ4n) is 2.69. The number of nitrogens with one attached hydrogen (secondary N) is 1. The molecule has 0 aromatic heterocycles. The molecule has 3 rings (SSSR count). The van der Waals surface area contributed by atoms with Crippen LogP contribution in [-0.2, 0) is 0 Å². The molecule has 1 aromatic rings. The molecule has 17 heavy (non-hydrogen) atoms. The predicted molar refractivity (Wildman–Crippen MR) is 67.7 cm³/mol. The first-order valence-corrected chi connectivity index (χ1v) is 6.57. The van der Waals surface area contributed by atoms with Gasteiger partial charge in [-0.25, -0.2) is 4.39 Å². The van der Waals surface area contributed by atoms with E-state index in [0.29, 0.717) is 6.04 Å². The van der Waals surface area contributed by atoms with Crippen LogP contribution in [-0.4, -0.2) is 25.7 Å². The van der Waals surface area contributed by atoms with E-state index in [-0.39, 0.29) is 5.82 Å². The summed E-state index contributed by atoms with van der Waals surface area (Å²) in [7, 11) is 0. The van der Waals surface area contributed by atoms with E-state index in [2.05, 4.69) is 10.2 Å². The summed E-state index contributed by atoms with van der Waals surface area (Å²) < 4.78 is 13.8. The Morgan fingerprint density at radius 1 is 1.24 bits per heavy atom. The first-order chi connectivity index (χ1) is 8.34. The Morgan fingerprint density at radius 3 is 2.82 bits per heavy atom. The molecule has 0 amide bonds. The largest absolute Gasteiger partial charge is 0.368 e. The van der Waals surface area contributed by atoms with Crippen LogP contribution < -0.4 is 10.2 Å². The lowest BCUT2D eigenvalue weighted by Crippen LogP contribution is -2.39. The maximum absolute atomic E-state index is 13.8. The Hall–Kier alpha value is -1.09. The molecule has 0 radical (unpaired) electrons. The zero-order valence-electron chi connectivity index (χ0n) is 10.0. The van der Waals surface area contributed by atoms with Crippen molar-refractivity contribution in [3.63, 3.8) is 0 Å². The normalized spacial score (nSPS) is 25.7. The van der Waals surface area contributed by atoms with Gasteiger partial charge in [-0.05, 0) is 43.9 Å². The molecule has 1 saturated carbocycles. The zero-order valence-corrected chi connectivity index (χ0v) is 10.0. The van der Waals surface area contributed by atoms with E-state index < -0.39 is 0 Å². The number of nitrogens with zero attached hydrogens (tertiary/aromatic N) is 1. The van der Waals surface area contributed by atoms with Gasteiger partial charge in [-0.3, -0.25) is 0 Å². The van der Waals surface area contributed by atoms with Crippen LogP contribution in [0.25, 0.3) is 0 Å². The molecule has 2 aliphatic rings. The number of anilines is 1. The number of hydrogen-bond acceptors (Lipinski definition) is 2. The number of benzene rings is 1. The third-order valence-electron chi connectivity index (χ3n) is 3.81. The van der Waals surface area contributed by atoms with Crippen LogP contribution in [0.4, 0.5) is 10.1 Å². The van der Waals surface area contributed by atoms with E-state index in [0.717, 1.165) is 37.7 Å². The molecule has 1 unspecified atom stereocenters.